The molecule has 0 bridgehead atoms. The molecule has 1 aromatic rings. The molecule has 0 spiro atoms. The maximum absolute atomic E-state index is 12.4. The van der Waals surface area contributed by atoms with E-state index in [-0.39, 0.29) is 18.1 Å². The Labute approximate surface area is 98.4 Å². The largest absolute Gasteiger partial charge is 0.390 e. The molecule has 0 saturated carbocycles. The van der Waals surface area contributed by atoms with Gasteiger partial charge in [0.2, 0.25) is 0 Å². The van der Waals surface area contributed by atoms with Crippen molar-refractivity contribution in [1.29, 1.82) is 0 Å². The first-order valence-corrected chi connectivity index (χ1v) is 5.34. The minimum absolute atomic E-state index is 0.0712. The standard InChI is InChI=1S/C8H7ClF2INO/c9-1-4-6(3-14)13-2-5(7(4)12)8(10)11/h2,8,14H,1,3H2. The van der Waals surface area contributed by atoms with Crippen LogP contribution in [0.1, 0.15) is 23.2 Å². The van der Waals surface area contributed by atoms with Crippen molar-refractivity contribution in [2.24, 2.45) is 0 Å². The zero-order valence-corrected chi connectivity index (χ0v) is 9.89. The number of aromatic nitrogens is 1. The van der Waals surface area contributed by atoms with Crippen molar-refractivity contribution in [2.75, 3.05) is 0 Å². The van der Waals surface area contributed by atoms with Crippen molar-refractivity contribution in [3.05, 3.63) is 26.6 Å². The molecule has 0 aromatic carbocycles. The summed E-state index contributed by atoms with van der Waals surface area (Å²) in [7, 11) is 0. The maximum atomic E-state index is 12.4. The summed E-state index contributed by atoms with van der Waals surface area (Å²) in [5.74, 6) is 0.0712. The van der Waals surface area contributed by atoms with Crippen LogP contribution in [0.2, 0.25) is 0 Å². The fourth-order valence-corrected chi connectivity index (χ4v) is 2.40. The Morgan fingerprint density at radius 1 is 1.57 bits per heavy atom. The highest BCUT2D eigenvalue weighted by Crippen LogP contribution is 2.28. The molecule has 0 aliphatic rings. The second-order valence-electron chi connectivity index (χ2n) is 2.55. The number of nitrogens with zero attached hydrogens (tertiary/aromatic N) is 1. The molecule has 0 aliphatic heterocycles. The van der Waals surface area contributed by atoms with Crippen molar-refractivity contribution in [2.45, 2.75) is 18.9 Å². The third kappa shape index (κ3) is 2.32. The molecule has 0 radical (unpaired) electrons. The number of aliphatic hydroxyl groups excluding tert-OH is 1. The first kappa shape index (κ1) is 12.1. The third-order valence-corrected chi connectivity index (χ3v) is 3.29. The monoisotopic (exact) mass is 333 g/mol. The summed E-state index contributed by atoms with van der Waals surface area (Å²) in [6, 6.07) is 0. The molecular weight excluding hydrogens is 326 g/mol. The minimum Gasteiger partial charge on any atom is -0.390 e. The first-order valence-electron chi connectivity index (χ1n) is 3.73. The molecule has 1 heterocycles. The van der Waals surface area contributed by atoms with Crippen LogP contribution in [0.15, 0.2) is 6.20 Å². The Balaban J connectivity index is 3.27. The van der Waals surface area contributed by atoms with E-state index < -0.39 is 6.43 Å². The number of rotatable bonds is 3. The molecule has 1 rings (SSSR count). The average molecular weight is 334 g/mol. The lowest BCUT2D eigenvalue weighted by molar-refractivity contribution is 0.149. The molecule has 1 N–H and O–H groups in total. The fourth-order valence-electron chi connectivity index (χ4n) is 1.01. The van der Waals surface area contributed by atoms with Crippen LogP contribution in [0, 0.1) is 3.57 Å². The van der Waals surface area contributed by atoms with Crippen LogP contribution in [0.4, 0.5) is 8.78 Å². The number of hydrogen-bond acceptors (Lipinski definition) is 2. The molecule has 1 aromatic heterocycles. The maximum Gasteiger partial charge on any atom is 0.266 e. The highest BCUT2D eigenvalue weighted by molar-refractivity contribution is 14.1. The number of aliphatic hydroxyl groups is 1. The normalized spacial score (nSPS) is 11.0. The van der Waals surface area contributed by atoms with Crippen LogP contribution in [0.25, 0.3) is 0 Å². The van der Waals surface area contributed by atoms with Gasteiger partial charge in [-0.1, -0.05) is 0 Å². The van der Waals surface area contributed by atoms with E-state index in [0.29, 0.717) is 14.8 Å². The molecule has 6 heteroatoms. The van der Waals surface area contributed by atoms with E-state index in [2.05, 4.69) is 4.98 Å². The third-order valence-electron chi connectivity index (χ3n) is 1.74. The SMILES string of the molecule is OCc1ncc(C(F)F)c(I)c1CCl. The fraction of sp³-hybridized carbons (Fsp3) is 0.375. The predicted octanol–water partition coefficient (Wildman–Crippen LogP) is 2.85. The highest BCUT2D eigenvalue weighted by Gasteiger charge is 2.17. The van der Waals surface area contributed by atoms with E-state index in [1.807, 2.05) is 0 Å². The van der Waals surface area contributed by atoms with E-state index in [0.717, 1.165) is 6.20 Å². The van der Waals surface area contributed by atoms with E-state index in [1.165, 1.54) is 0 Å². The van der Waals surface area contributed by atoms with Gasteiger partial charge in [-0.2, -0.15) is 0 Å². The Morgan fingerprint density at radius 2 is 2.21 bits per heavy atom. The van der Waals surface area contributed by atoms with Gasteiger partial charge in [-0.05, 0) is 22.6 Å². The quantitative estimate of drug-likeness (QED) is 0.681. The summed E-state index contributed by atoms with van der Waals surface area (Å²) in [5.41, 5.74) is 0.694. The second-order valence-corrected chi connectivity index (χ2v) is 3.89. The van der Waals surface area contributed by atoms with E-state index in [9.17, 15) is 8.78 Å². The average Bonchev–Trinajstić information content (AvgIpc) is 2.16. The summed E-state index contributed by atoms with van der Waals surface area (Å²) >= 11 is 7.38. The van der Waals surface area contributed by atoms with Gasteiger partial charge in [0.25, 0.3) is 6.43 Å². The lowest BCUT2D eigenvalue weighted by Crippen LogP contribution is -2.03. The van der Waals surface area contributed by atoms with Gasteiger partial charge in [0.15, 0.2) is 0 Å². The van der Waals surface area contributed by atoms with E-state index in [1.54, 1.807) is 22.6 Å². The van der Waals surface area contributed by atoms with Crippen molar-refractivity contribution >= 4 is 34.2 Å². The van der Waals surface area contributed by atoms with Crippen LogP contribution in [0.5, 0.6) is 0 Å². The zero-order valence-electron chi connectivity index (χ0n) is 6.98. The van der Waals surface area contributed by atoms with E-state index >= 15 is 0 Å². The summed E-state index contributed by atoms with van der Waals surface area (Å²) < 4.78 is 25.2. The molecular formula is C8H7ClF2INO. The van der Waals surface area contributed by atoms with Crippen molar-refractivity contribution in [3.63, 3.8) is 0 Å². The predicted molar refractivity (Wildman–Crippen MR) is 57.4 cm³/mol. The van der Waals surface area contributed by atoms with Gasteiger partial charge in [0, 0.05) is 20.9 Å². The second kappa shape index (κ2) is 5.18. The molecule has 0 aliphatic carbocycles. The Bertz CT molecular complexity index is 335. The molecule has 0 unspecified atom stereocenters. The van der Waals surface area contributed by atoms with Gasteiger partial charge in [0.1, 0.15) is 0 Å². The number of alkyl halides is 3. The minimum atomic E-state index is -2.57. The van der Waals surface area contributed by atoms with Crippen molar-refractivity contribution in [3.8, 4) is 0 Å². The molecule has 0 saturated heterocycles. The zero-order chi connectivity index (χ0) is 10.7. The molecule has 78 valence electrons. The van der Waals surface area contributed by atoms with Gasteiger partial charge in [-0.15, -0.1) is 11.6 Å². The number of pyridine rings is 1. The first-order chi connectivity index (χ1) is 6.61. The van der Waals surface area contributed by atoms with Crippen LogP contribution in [-0.4, -0.2) is 10.1 Å². The van der Waals surface area contributed by atoms with Gasteiger partial charge in [-0.25, -0.2) is 8.78 Å². The molecule has 0 amide bonds. The topological polar surface area (TPSA) is 33.1 Å². The summed E-state index contributed by atoms with van der Waals surface area (Å²) in [6.07, 6.45) is -1.49. The number of halogens is 4. The van der Waals surface area contributed by atoms with Crippen LogP contribution in [-0.2, 0) is 12.5 Å². The summed E-state index contributed by atoms with van der Waals surface area (Å²) in [4.78, 5) is 3.73. The Hall–Kier alpha value is -0.0100. The lowest BCUT2D eigenvalue weighted by atomic mass is 10.1. The van der Waals surface area contributed by atoms with Crippen molar-refractivity contribution in [1.82, 2.24) is 4.98 Å². The Kier molecular flexibility index (Phi) is 4.46. The van der Waals surface area contributed by atoms with E-state index in [4.69, 9.17) is 16.7 Å². The summed E-state index contributed by atoms with van der Waals surface area (Å²) in [5, 5.41) is 8.89. The number of hydrogen-bond donors (Lipinski definition) is 1. The van der Waals surface area contributed by atoms with Gasteiger partial charge in [-0.3, -0.25) is 4.98 Å². The molecule has 0 atom stereocenters. The van der Waals surface area contributed by atoms with Crippen molar-refractivity contribution < 1.29 is 13.9 Å². The van der Waals surface area contributed by atoms with Crippen LogP contribution in [0.3, 0.4) is 0 Å². The van der Waals surface area contributed by atoms with Gasteiger partial charge >= 0.3 is 0 Å². The van der Waals surface area contributed by atoms with Gasteiger partial charge < -0.3 is 5.11 Å². The van der Waals surface area contributed by atoms with Crippen LogP contribution >= 0.6 is 34.2 Å². The van der Waals surface area contributed by atoms with Crippen LogP contribution < -0.4 is 0 Å². The smallest absolute Gasteiger partial charge is 0.266 e. The molecule has 14 heavy (non-hydrogen) atoms. The Morgan fingerprint density at radius 3 is 2.64 bits per heavy atom. The molecule has 2 nitrogen and oxygen atoms in total. The van der Waals surface area contributed by atoms with Gasteiger partial charge in [0.05, 0.1) is 18.2 Å². The molecule has 0 fully saturated rings. The highest BCUT2D eigenvalue weighted by atomic mass is 127. The summed E-state index contributed by atoms with van der Waals surface area (Å²) in [6.45, 7) is -0.290. The lowest BCUT2D eigenvalue weighted by Gasteiger charge is -2.10.